The molecule has 0 unspecified atom stereocenters. The van der Waals surface area contributed by atoms with Gasteiger partial charge in [-0.05, 0) is 86.7 Å². The highest BCUT2D eigenvalue weighted by molar-refractivity contribution is 5.77. The van der Waals surface area contributed by atoms with Crippen molar-refractivity contribution in [3.63, 3.8) is 0 Å². The van der Waals surface area contributed by atoms with Gasteiger partial charge in [-0.15, -0.1) is 0 Å². The maximum atomic E-state index is 6.09. The predicted molar refractivity (Wildman–Crippen MR) is 163 cm³/mol. The second-order valence-corrected chi connectivity index (χ2v) is 12.8. The van der Waals surface area contributed by atoms with Crippen LogP contribution >= 0.6 is 0 Å². The van der Waals surface area contributed by atoms with Crippen LogP contribution in [0.2, 0.25) is 0 Å². The Morgan fingerprint density at radius 1 is 0.775 bits per heavy atom. The highest BCUT2D eigenvalue weighted by Gasteiger charge is 2.25. The molecule has 0 radical (unpaired) electrons. The first kappa shape index (κ1) is 28.2. The quantitative estimate of drug-likeness (QED) is 0.212. The van der Waals surface area contributed by atoms with Crippen molar-refractivity contribution in [2.45, 2.75) is 58.9 Å². The third-order valence-corrected chi connectivity index (χ3v) is 7.63. The largest absolute Gasteiger partial charge is 0.494 e. The Morgan fingerprint density at radius 3 is 2.08 bits per heavy atom. The average Bonchev–Trinajstić information content (AvgIpc) is 3.35. The van der Waals surface area contributed by atoms with Gasteiger partial charge >= 0.3 is 0 Å². The van der Waals surface area contributed by atoms with Crippen molar-refractivity contribution >= 4 is 11.1 Å². The summed E-state index contributed by atoms with van der Waals surface area (Å²) in [4.78, 5) is 9.79. The van der Waals surface area contributed by atoms with Crippen molar-refractivity contribution in [3.8, 4) is 28.7 Å². The molecular formula is C34H43N3O3. The molecule has 2 heterocycles. The standard InChI is InChI=1S/C34H43N3O3/c1-33(2,3)26-10-14-28(15-11-26)39-29-16-17-30-31(24-29)40-32(35-30)25-8-12-27(13-9-25)38-23-7-18-36-19-21-37(22-20-36)34(4,5)6/h8-17,24H,7,18-23H2,1-6H3. The molecule has 6 nitrogen and oxygen atoms in total. The molecule has 1 aliphatic heterocycles. The number of oxazole rings is 1. The lowest BCUT2D eigenvalue weighted by atomic mass is 9.87. The Balaban J connectivity index is 1.12. The highest BCUT2D eigenvalue weighted by atomic mass is 16.5. The Morgan fingerprint density at radius 2 is 1.43 bits per heavy atom. The molecule has 6 heteroatoms. The van der Waals surface area contributed by atoms with Crippen molar-refractivity contribution in [3.05, 3.63) is 72.3 Å². The SMILES string of the molecule is CC(C)(C)c1ccc(Oc2ccc3nc(-c4ccc(OCCCN5CCN(C(C)(C)C)CC5)cc4)oc3c2)cc1. The molecule has 0 amide bonds. The molecule has 0 bridgehead atoms. The van der Waals surface area contributed by atoms with E-state index in [1.54, 1.807) is 0 Å². The third kappa shape index (κ3) is 7.04. The number of rotatable bonds is 8. The molecule has 3 aromatic carbocycles. The van der Waals surface area contributed by atoms with E-state index in [0.717, 1.165) is 67.5 Å². The van der Waals surface area contributed by atoms with Crippen LogP contribution in [0.3, 0.4) is 0 Å². The Labute approximate surface area is 238 Å². The molecule has 1 aromatic heterocycles. The number of hydrogen-bond donors (Lipinski definition) is 0. The molecule has 0 N–H and O–H groups in total. The Bertz CT molecular complexity index is 1390. The van der Waals surface area contributed by atoms with Gasteiger partial charge in [0.2, 0.25) is 5.89 Å². The second kappa shape index (κ2) is 11.6. The summed E-state index contributed by atoms with van der Waals surface area (Å²) >= 11 is 0. The van der Waals surface area contributed by atoms with Crippen molar-refractivity contribution in [1.29, 1.82) is 0 Å². The minimum Gasteiger partial charge on any atom is -0.494 e. The number of piperazine rings is 1. The van der Waals surface area contributed by atoms with Crippen LogP contribution in [0, 0.1) is 0 Å². The zero-order valence-electron chi connectivity index (χ0n) is 24.9. The summed E-state index contributed by atoms with van der Waals surface area (Å²) in [5, 5.41) is 0. The fourth-order valence-corrected chi connectivity index (χ4v) is 5.07. The van der Waals surface area contributed by atoms with Crippen molar-refractivity contribution in [2.75, 3.05) is 39.3 Å². The number of nitrogens with zero attached hydrogens (tertiary/aromatic N) is 3. The van der Waals surface area contributed by atoms with Crippen LogP contribution in [0.5, 0.6) is 17.2 Å². The van der Waals surface area contributed by atoms with Crippen LogP contribution < -0.4 is 9.47 Å². The first-order valence-electron chi connectivity index (χ1n) is 14.4. The van der Waals surface area contributed by atoms with E-state index in [1.807, 2.05) is 54.6 Å². The summed E-state index contributed by atoms with van der Waals surface area (Å²) in [7, 11) is 0. The van der Waals surface area contributed by atoms with Gasteiger partial charge in [-0.25, -0.2) is 4.98 Å². The summed E-state index contributed by atoms with van der Waals surface area (Å²) in [5.41, 5.74) is 4.06. The van der Waals surface area contributed by atoms with Gasteiger partial charge in [0.25, 0.3) is 0 Å². The predicted octanol–water partition coefficient (Wildman–Crippen LogP) is 7.77. The van der Waals surface area contributed by atoms with E-state index in [0.29, 0.717) is 18.1 Å². The summed E-state index contributed by atoms with van der Waals surface area (Å²) < 4.78 is 18.2. The van der Waals surface area contributed by atoms with Crippen LogP contribution in [0.1, 0.15) is 53.5 Å². The molecule has 212 valence electrons. The van der Waals surface area contributed by atoms with Gasteiger partial charge in [0, 0.05) is 49.9 Å². The lowest BCUT2D eigenvalue weighted by Crippen LogP contribution is -2.53. The molecule has 0 spiro atoms. The molecule has 40 heavy (non-hydrogen) atoms. The molecule has 0 aliphatic carbocycles. The molecule has 5 rings (SSSR count). The molecule has 0 saturated carbocycles. The number of ether oxygens (including phenoxy) is 2. The van der Waals surface area contributed by atoms with Crippen LogP contribution in [-0.4, -0.2) is 59.7 Å². The molecule has 1 fully saturated rings. The smallest absolute Gasteiger partial charge is 0.227 e. The minimum absolute atomic E-state index is 0.111. The van der Waals surface area contributed by atoms with E-state index >= 15 is 0 Å². The monoisotopic (exact) mass is 541 g/mol. The van der Waals surface area contributed by atoms with Gasteiger partial charge in [0.05, 0.1) is 6.61 Å². The summed E-state index contributed by atoms with van der Waals surface area (Å²) in [6, 6.07) is 22.0. The van der Waals surface area contributed by atoms with Crippen LogP contribution in [0.15, 0.2) is 71.1 Å². The normalized spacial score (nSPS) is 15.4. The van der Waals surface area contributed by atoms with Gasteiger partial charge in [-0.3, -0.25) is 4.90 Å². The van der Waals surface area contributed by atoms with Crippen molar-refractivity contribution in [1.82, 2.24) is 14.8 Å². The molecule has 1 aliphatic rings. The van der Waals surface area contributed by atoms with Crippen LogP contribution in [0.4, 0.5) is 0 Å². The zero-order chi connectivity index (χ0) is 28.3. The minimum atomic E-state index is 0.111. The second-order valence-electron chi connectivity index (χ2n) is 12.8. The fourth-order valence-electron chi connectivity index (χ4n) is 5.07. The lowest BCUT2D eigenvalue weighted by Gasteiger charge is -2.42. The van der Waals surface area contributed by atoms with Crippen LogP contribution in [-0.2, 0) is 5.41 Å². The van der Waals surface area contributed by atoms with E-state index in [2.05, 4.69) is 68.5 Å². The number of fused-ring (bicyclic) bond motifs is 1. The van der Waals surface area contributed by atoms with Crippen LogP contribution in [0.25, 0.3) is 22.6 Å². The topological polar surface area (TPSA) is 51.0 Å². The first-order valence-corrected chi connectivity index (χ1v) is 14.4. The van der Waals surface area contributed by atoms with E-state index in [9.17, 15) is 0 Å². The van der Waals surface area contributed by atoms with Gasteiger partial charge in [0.15, 0.2) is 5.58 Å². The molecular weight excluding hydrogens is 498 g/mol. The summed E-state index contributed by atoms with van der Waals surface area (Å²) in [6.07, 6.45) is 1.02. The summed E-state index contributed by atoms with van der Waals surface area (Å²) in [6.45, 7) is 19.8. The first-order chi connectivity index (χ1) is 19.0. The number of benzene rings is 3. The Kier molecular flexibility index (Phi) is 8.20. The maximum absolute atomic E-state index is 6.09. The average molecular weight is 542 g/mol. The summed E-state index contributed by atoms with van der Waals surface area (Å²) in [5.74, 6) is 2.97. The van der Waals surface area contributed by atoms with E-state index in [1.165, 1.54) is 5.56 Å². The maximum Gasteiger partial charge on any atom is 0.227 e. The van der Waals surface area contributed by atoms with Gasteiger partial charge in [-0.1, -0.05) is 32.9 Å². The molecule has 4 aromatic rings. The fraction of sp³-hybridized carbons (Fsp3) is 0.441. The van der Waals surface area contributed by atoms with E-state index in [4.69, 9.17) is 13.9 Å². The third-order valence-electron chi connectivity index (χ3n) is 7.63. The van der Waals surface area contributed by atoms with Crippen molar-refractivity contribution in [2.24, 2.45) is 0 Å². The van der Waals surface area contributed by atoms with E-state index in [-0.39, 0.29) is 11.0 Å². The number of aromatic nitrogens is 1. The Hall–Kier alpha value is -3.35. The molecule has 1 saturated heterocycles. The lowest BCUT2D eigenvalue weighted by molar-refractivity contribution is 0.0601. The molecule has 0 atom stereocenters. The zero-order valence-corrected chi connectivity index (χ0v) is 24.9. The van der Waals surface area contributed by atoms with E-state index < -0.39 is 0 Å². The van der Waals surface area contributed by atoms with Crippen molar-refractivity contribution < 1.29 is 13.9 Å². The highest BCUT2D eigenvalue weighted by Crippen LogP contribution is 2.31. The van der Waals surface area contributed by atoms with Gasteiger partial charge in [0.1, 0.15) is 22.8 Å². The number of hydrogen-bond acceptors (Lipinski definition) is 6. The van der Waals surface area contributed by atoms with Gasteiger partial charge < -0.3 is 18.8 Å². The van der Waals surface area contributed by atoms with Gasteiger partial charge in [-0.2, -0.15) is 0 Å².